The van der Waals surface area contributed by atoms with Gasteiger partial charge in [0, 0.05) is 31.7 Å². The lowest BCUT2D eigenvalue weighted by Crippen LogP contribution is -2.50. The topological polar surface area (TPSA) is 62.7 Å². The summed E-state index contributed by atoms with van der Waals surface area (Å²) in [4.78, 5) is 33.7. The molecule has 0 radical (unpaired) electrons. The highest BCUT2D eigenvalue weighted by atomic mass is 32.1. The van der Waals surface area contributed by atoms with Crippen LogP contribution in [0.1, 0.15) is 10.4 Å². The summed E-state index contributed by atoms with van der Waals surface area (Å²) >= 11 is 1.50. The van der Waals surface area contributed by atoms with E-state index in [9.17, 15) is 14.0 Å². The number of halogens is 1. The van der Waals surface area contributed by atoms with Crippen LogP contribution in [0.4, 0.5) is 10.1 Å². The third-order valence-corrected chi connectivity index (χ3v) is 6.89. The van der Waals surface area contributed by atoms with Gasteiger partial charge in [-0.1, -0.05) is 42.5 Å². The minimum atomic E-state index is -0.562. The molecule has 0 unspecified atom stereocenters. The number of hydrogen-bond acceptors (Lipinski definition) is 6. The Morgan fingerprint density at radius 1 is 0.912 bits per heavy atom. The molecule has 34 heavy (non-hydrogen) atoms. The van der Waals surface area contributed by atoms with E-state index in [4.69, 9.17) is 4.74 Å². The van der Waals surface area contributed by atoms with Gasteiger partial charge in [-0.05, 0) is 30.3 Å². The summed E-state index contributed by atoms with van der Waals surface area (Å²) in [5.41, 5.74) is 2.46. The molecule has 1 amide bonds. The number of anilines is 1. The summed E-state index contributed by atoms with van der Waals surface area (Å²) in [6, 6.07) is 21.5. The number of rotatable bonds is 5. The first-order valence-corrected chi connectivity index (χ1v) is 11.8. The molecule has 0 atom stereocenters. The standard InChI is InChI=1S/C26H22FN3O3S/c27-20-9-3-5-11-22(20)29-13-15-30(16-14-29)24(31)17-33-26(32)19-8-2-1-7-18(19)25-28-21-10-4-6-12-23(21)34-25/h1-12H,13-17H2. The van der Waals surface area contributed by atoms with Gasteiger partial charge in [0.25, 0.3) is 5.91 Å². The number of benzene rings is 3. The molecule has 2 heterocycles. The van der Waals surface area contributed by atoms with Gasteiger partial charge in [0.2, 0.25) is 0 Å². The molecule has 0 saturated carbocycles. The van der Waals surface area contributed by atoms with Crippen LogP contribution in [-0.2, 0) is 9.53 Å². The van der Waals surface area contributed by atoms with Crippen molar-refractivity contribution in [3.05, 3.63) is 84.2 Å². The fourth-order valence-electron chi connectivity index (χ4n) is 4.04. The highest BCUT2D eigenvalue weighted by molar-refractivity contribution is 7.21. The fraction of sp³-hybridized carbons (Fsp3) is 0.192. The summed E-state index contributed by atoms with van der Waals surface area (Å²) in [5.74, 6) is -1.10. The maximum atomic E-state index is 14.0. The minimum Gasteiger partial charge on any atom is -0.452 e. The predicted octanol–water partition coefficient (Wildman–Crippen LogP) is 4.61. The Morgan fingerprint density at radius 3 is 2.41 bits per heavy atom. The van der Waals surface area contributed by atoms with E-state index in [-0.39, 0.29) is 18.3 Å². The smallest absolute Gasteiger partial charge is 0.339 e. The zero-order valence-electron chi connectivity index (χ0n) is 18.3. The van der Waals surface area contributed by atoms with E-state index in [1.807, 2.05) is 41.3 Å². The Hall–Kier alpha value is -3.78. The van der Waals surface area contributed by atoms with Gasteiger partial charge >= 0.3 is 5.97 Å². The summed E-state index contributed by atoms with van der Waals surface area (Å²) in [7, 11) is 0. The minimum absolute atomic E-state index is 0.265. The number of aromatic nitrogens is 1. The summed E-state index contributed by atoms with van der Waals surface area (Å²) in [5, 5.41) is 0.726. The quantitative estimate of drug-likeness (QED) is 0.395. The average Bonchev–Trinajstić information content (AvgIpc) is 3.32. The molecule has 5 rings (SSSR count). The number of nitrogens with zero attached hydrogens (tertiary/aromatic N) is 3. The molecule has 1 aliphatic rings. The van der Waals surface area contributed by atoms with E-state index >= 15 is 0 Å². The van der Waals surface area contributed by atoms with Crippen LogP contribution in [0.15, 0.2) is 72.8 Å². The van der Waals surface area contributed by atoms with Crippen LogP contribution in [-0.4, -0.2) is 54.5 Å². The second-order valence-corrected chi connectivity index (χ2v) is 8.96. The molecular formula is C26H22FN3O3S. The zero-order chi connectivity index (χ0) is 23.5. The monoisotopic (exact) mass is 475 g/mol. The predicted molar refractivity (Wildman–Crippen MR) is 131 cm³/mol. The fourth-order valence-corrected chi connectivity index (χ4v) is 5.04. The number of thiazole rings is 1. The van der Waals surface area contributed by atoms with Crippen molar-refractivity contribution in [2.45, 2.75) is 0 Å². The number of carbonyl (C=O) groups excluding carboxylic acids is 2. The van der Waals surface area contributed by atoms with Crippen molar-refractivity contribution in [2.24, 2.45) is 0 Å². The van der Waals surface area contributed by atoms with Gasteiger partial charge in [-0.3, -0.25) is 4.79 Å². The van der Waals surface area contributed by atoms with Gasteiger partial charge in [0.05, 0.1) is 21.5 Å². The van der Waals surface area contributed by atoms with Gasteiger partial charge in [-0.15, -0.1) is 11.3 Å². The maximum absolute atomic E-state index is 14.0. The highest BCUT2D eigenvalue weighted by Crippen LogP contribution is 2.32. The van der Waals surface area contributed by atoms with Crippen molar-refractivity contribution in [3.8, 4) is 10.6 Å². The first kappa shape index (κ1) is 22.0. The Labute approximate surface area is 200 Å². The number of piperazine rings is 1. The molecule has 0 N–H and O–H groups in total. The number of fused-ring (bicyclic) bond motifs is 1. The van der Waals surface area contributed by atoms with Crippen LogP contribution in [0.25, 0.3) is 20.8 Å². The van der Waals surface area contributed by atoms with Gasteiger partial charge in [0.15, 0.2) is 6.61 Å². The summed E-state index contributed by atoms with van der Waals surface area (Å²) < 4.78 is 20.4. The number of hydrogen-bond donors (Lipinski definition) is 0. The lowest BCUT2D eigenvalue weighted by atomic mass is 10.1. The summed E-state index contributed by atoms with van der Waals surface area (Å²) in [6.45, 7) is 1.56. The van der Waals surface area contributed by atoms with Crippen LogP contribution in [0.3, 0.4) is 0 Å². The molecule has 1 saturated heterocycles. The second kappa shape index (κ2) is 9.61. The van der Waals surface area contributed by atoms with E-state index in [1.165, 1.54) is 17.4 Å². The van der Waals surface area contributed by atoms with E-state index in [1.54, 1.807) is 35.2 Å². The van der Waals surface area contributed by atoms with E-state index in [2.05, 4.69) is 4.98 Å². The molecule has 0 spiro atoms. The molecule has 3 aromatic carbocycles. The Morgan fingerprint density at radius 2 is 1.62 bits per heavy atom. The molecule has 1 aromatic heterocycles. The third-order valence-electron chi connectivity index (χ3n) is 5.82. The van der Waals surface area contributed by atoms with Crippen LogP contribution < -0.4 is 4.90 Å². The van der Waals surface area contributed by atoms with Crippen LogP contribution in [0, 0.1) is 5.82 Å². The molecule has 4 aromatic rings. The Bertz CT molecular complexity index is 1310. The average molecular weight is 476 g/mol. The van der Waals surface area contributed by atoms with E-state index in [0.717, 1.165) is 15.2 Å². The number of amides is 1. The normalized spacial score (nSPS) is 13.8. The number of ether oxygens (including phenoxy) is 1. The van der Waals surface area contributed by atoms with Crippen LogP contribution in [0.5, 0.6) is 0 Å². The third kappa shape index (κ3) is 4.49. The largest absolute Gasteiger partial charge is 0.452 e. The van der Waals surface area contributed by atoms with Gasteiger partial charge in [0.1, 0.15) is 10.8 Å². The first-order chi connectivity index (χ1) is 16.6. The molecular weight excluding hydrogens is 453 g/mol. The highest BCUT2D eigenvalue weighted by Gasteiger charge is 2.24. The number of esters is 1. The molecule has 1 fully saturated rings. The van der Waals surface area contributed by atoms with E-state index < -0.39 is 5.97 Å². The van der Waals surface area contributed by atoms with Gasteiger partial charge in [-0.2, -0.15) is 0 Å². The zero-order valence-corrected chi connectivity index (χ0v) is 19.1. The first-order valence-electron chi connectivity index (χ1n) is 11.0. The lowest BCUT2D eigenvalue weighted by Gasteiger charge is -2.36. The van der Waals surface area contributed by atoms with Crippen molar-refractivity contribution in [2.75, 3.05) is 37.7 Å². The maximum Gasteiger partial charge on any atom is 0.339 e. The van der Waals surface area contributed by atoms with Crippen molar-refractivity contribution >= 4 is 39.1 Å². The van der Waals surface area contributed by atoms with Crippen molar-refractivity contribution < 1.29 is 18.7 Å². The van der Waals surface area contributed by atoms with Gasteiger partial charge < -0.3 is 14.5 Å². The second-order valence-electron chi connectivity index (χ2n) is 7.93. The van der Waals surface area contributed by atoms with Crippen molar-refractivity contribution in [1.29, 1.82) is 0 Å². The lowest BCUT2D eigenvalue weighted by molar-refractivity contribution is -0.134. The molecule has 8 heteroatoms. The number of para-hydroxylation sites is 2. The van der Waals surface area contributed by atoms with Crippen LogP contribution >= 0.6 is 11.3 Å². The van der Waals surface area contributed by atoms with Crippen molar-refractivity contribution in [1.82, 2.24) is 9.88 Å². The number of carbonyl (C=O) groups is 2. The molecule has 6 nitrogen and oxygen atoms in total. The summed E-state index contributed by atoms with van der Waals surface area (Å²) in [6.07, 6.45) is 0. The SMILES string of the molecule is O=C(OCC(=O)N1CCN(c2ccccc2F)CC1)c1ccccc1-c1nc2ccccc2s1. The molecule has 172 valence electrons. The van der Waals surface area contributed by atoms with Gasteiger partial charge in [-0.25, -0.2) is 14.2 Å². The Kier molecular flexibility index (Phi) is 6.22. The molecule has 0 aliphatic carbocycles. The van der Waals surface area contributed by atoms with E-state index in [0.29, 0.717) is 43.0 Å². The molecule has 0 bridgehead atoms. The Balaban J connectivity index is 1.21. The van der Waals surface area contributed by atoms with Crippen LogP contribution in [0.2, 0.25) is 0 Å². The van der Waals surface area contributed by atoms with Crippen molar-refractivity contribution in [3.63, 3.8) is 0 Å². The molecule has 1 aliphatic heterocycles.